The van der Waals surface area contributed by atoms with E-state index in [2.05, 4.69) is 114 Å². The maximum Gasteiger partial charge on any atom is 0.113 e. The highest BCUT2D eigenvalue weighted by molar-refractivity contribution is 6.34. The van der Waals surface area contributed by atoms with Crippen molar-refractivity contribution >= 4 is 35.1 Å². The second kappa shape index (κ2) is 6.86. The summed E-state index contributed by atoms with van der Waals surface area (Å²) in [6, 6.07) is 33.2. The Bertz CT molecular complexity index is 1600. The van der Waals surface area contributed by atoms with E-state index in [9.17, 15) is 0 Å². The van der Waals surface area contributed by atoms with Crippen LogP contribution in [0.25, 0.3) is 27.5 Å². The highest BCUT2D eigenvalue weighted by atomic mass is 15.0. The third-order valence-electron chi connectivity index (χ3n) is 7.57. The van der Waals surface area contributed by atoms with Crippen molar-refractivity contribution in [2.75, 3.05) is 0 Å². The van der Waals surface area contributed by atoms with Crippen molar-refractivity contribution in [3.8, 4) is 5.69 Å². The number of para-hydroxylation sites is 2. The second-order valence-electron chi connectivity index (χ2n) is 9.16. The number of benzene rings is 4. The van der Waals surface area contributed by atoms with Crippen molar-refractivity contribution in [1.29, 1.82) is 0 Å². The van der Waals surface area contributed by atoms with Crippen LogP contribution in [0.5, 0.6) is 0 Å². The zero-order valence-electron chi connectivity index (χ0n) is 18.3. The van der Waals surface area contributed by atoms with Crippen LogP contribution in [0.1, 0.15) is 23.1 Å². The molecule has 2 atom stereocenters. The fourth-order valence-electron chi connectivity index (χ4n) is 6.33. The molecule has 1 nitrogen and oxygen atoms in total. The van der Waals surface area contributed by atoms with Gasteiger partial charge in [-0.3, -0.25) is 0 Å². The number of aromatic nitrogens is 1. The van der Waals surface area contributed by atoms with Gasteiger partial charge in [-0.25, -0.2) is 0 Å². The lowest BCUT2D eigenvalue weighted by molar-refractivity contribution is 0.445. The van der Waals surface area contributed by atoms with Crippen LogP contribution in [0.2, 0.25) is 0 Å². The first-order valence-electron chi connectivity index (χ1n) is 11.6. The molecule has 4 aromatic carbocycles. The maximum absolute atomic E-state index is 6.25. The molecule has 1 aromatic heterocycles. The van der Waals surface area contributed by atoms with Gasteiger partial charge >= 0.3 is 0 Å². The minimum absolute atomic E-state index is 0.283. The van der Waals surface area contributed by atoms with Crippen LogP contribution in [0.4, 0.5) is 0 Å². The molecule has 2 heterocycles. The molecule has 0 fully saturated rings. The number of hydrogen-bond donors (Lipinski definition) is 0. The summed E-state index contributed by atoms with van der Waals surface area (Å²) in [6.07, 6.45) is 10.1. The van der Waals surface area contributed by atoms with Crippen molar-refractivity contribution in [3.05, 3.63) is 132 Å². The molecule has 1 aliphatic carbocycles. The summed E-state index contributed by atoms with van der Waals surface area (Å²) in [6.45, 7) is 0. The van der Waals surface area contributed by atoms with Crippen LogP contribution < -0.4 is 5.46 Å². The quantitative estimate of drug-likeness (QED) is 0.294. The van der Waals surface area contributed by atoms with Gasteiger partial charge in [0.2, 0.25) is 0 Å². The van der Waals surface area contributed by atoms with Gasteiger partial charge in [-0.2, -0.15) is 0 Å². The average molecular weight is 419 g/mol. The minimum Gasteiger partial charge on any atom is -0.309 e. The zero-order chi connectivity index (χ0) is 22.0. The summed E-state index contributed by atoms with van der Waals surface area (Å²) in [5, 5.41) is 2.48. The van der Waals surface area contributed by atoms with E-state index in [1.165, 1.54) is 44.2 Å². The largest absolute Gasteiger partial charge is 0.309 e. The number of nitrogens with zero attached hydrogens (tertiary/aromatic N) is 1. The van der Waals surface area contributed by atoms with Crippen LogP contribution in [-0.4, -0.2) is 12.4 Å². The lowest BCUT2D eigenvalue weighted by Gasteiger charge is -2.45. The van der Waals surface area contributed by atoms with E-state index in [0.717, 1.165) is 11.9 Å². The maximum atomic E-state index is 6.25. The van der Waals surface area contributed by atoms with Crippen LogP contribution in [0, 0.1) is 5.92 Å². The van der Waals surface area contributed by atoms with Crippen molar-refractivity contribution < 1.29 is 0 Å². The smallest absolute Gasteiger partial charge is 0.113 e. The Morgan fingerprint density at radius 2 is 1.58 bits per heavy atom. The normalized spacial score (nSPS) is 20.9. The van der Waals surface area contributed by atoms with E-state index >= 15 is 0 Å². The van der Waals surface area contributed by atoms with E-state index < -0.39 is 0 Å². The molecule has 2 heteroatoms. The summed E-state index contributed by atoms with van der Waals surface area (Å²) in [5.74, 6) is 0.313. The van der Waals surface area contributed by atoms with Gasteiger partial charge in [0.25, 0.3) is 0 Å². The van der Waals surface area contributed by atoms with Gasteiger partial charge in [0, 0.05) is 10.8 Å². The first-order chi connectivity index (χ1) is 16.3. The van der Waals surface area contributed by atoms with Crippen LogP contribution in [0.15, 0.2) is 115 Å². The molecule has 2 unspecified atom stereocenters. The number of hydrogen-bond acceptors (Lipinski definition) is 0. The van der Waals surface area contributed by atoms with Gasteiger partial charge < -0.3 is 4.57 Å². The average Bonchev–Trinajstić information content (AvgIpc) is 3.21. The summed E-state index contributed by atoms with van der Waals surface area (Å²) in [7, 11) is 6.25. The number of allylic oxidation sites excluding steroid dienone is 4. The second-order valence-corrected chi connectivity index (χ2v) is 9.16. The molecule has 0 N–H and O–H groups in total. The monoisotopic (exact) mass is 419 g/mol. The van der Waals surface area contributed by atoms with E-state index in [0.29, 0.717) is 5.92 Å². The minimum atomic E-state index is -0.283. The van der Waals surface area contributed by atoms with Gasteiger partial charge in [0.15, 0.2) is 0 Å². The standard InChI is InChI=1S/C31H22BN/c32-23-18-19-28-25(20-23)24-14-9-16-27-30(24)33(28)29-17-8-7-15-26(29)31(27,21-10-3-1-4-11-21)22-12-5-2-6-13-22/h1-12,14-20,22H,13H2. The van der Waals surface area contributed by atoms with Crippen molar-refractivity contribution in [2.24, 2.45) is 5.92 Å². The van der Waals surface area contributed by atoms with Gasteiger partial charge in [0.1, 0.15) is 7.85 Å². The Labute approximate surface area is 195 Å². The summed E-state index contributed by atoms with van der Waals surface area (Å²) < 4.78 is 2.46. The molecule has 1 aliphatic heterocycles. The van der Waals surface area contributed by atoms with Crippen molar-refractivity contribution in [3.63, 3.8) is 0 Å². The molecule has 7 rings (SSSR count). The van der Waals surface area contributed by atoms with E-state index in [1.54, 1.807) is 0 Å². The molecule has 2 aliphatic rings. The predicted molar refractivity (Wildman–Crippen MR) is 139 cm³/mol. The Kier molecular flexibility index (Phi) is 3.90. The van der Waals surface area contributed by atoms with Crippen LogP contribution >= 0.6 is 0 Å². The van der Waals surface area contributed by atoms with Crippen LogP contribution in [-0.2, 0) is 5.41 Å². The predicted octanol–water partition coefficient (Wildman–Crippen LogP) is 6.36. The fourth-order valence-corrected chi connectivity index (χ4v) is 6.33. The molecule has 5 aromatic rings. The Hall–Kier alpha value is -3.78. The summed E-state index contributed by atoms with van der Waals surface area (Å²) >= 11 is 0. The molecule has 0 amide bonds. The van der Waals surface area contributed by atoms with Crippen molar-refractivity contribution in [2.45, 2.75) is 11.8 Å². The molecule has 0 spiro atoms. The topological polar surface area (TPSA) is 4.93 Å². The number of rotatable bonds is 2. The molecular formula is C31H22BN. The fraction of sp³-hybridized carbons (Fsp3) is 0.0968. The third kappa shape index (κ3) is 2.38. The molecule has 0 bridgehead atoms. The summed E-state index contributed by atoms with van der Waals surface area (Å²) in [5.41, 5.74) is 8.34. The Morgan fingerprint density at radius 3 is 2.42 bits per heavy atom. The molecule has 0 saturated carbocycles. The lowest BCUT2D eigenvalue weighted by atomic mass is 9.58. The lowest BCUT2D eigenvalue weighted by Crippen LogP contribution is -2.40. The zero-order valence-corrected chi connectivity index (χ0v) is 18.3. The SMILES string of the molecule is [B]c1ccc2c(c1)c1cccc3c1n2-c1ccccc1C3(c1ccccc1)C1C=CC=CC1. The van der Waals surface area contributed by atoms with E-state index in [1.807, 2.05) is 6.07 Å². The highest BCUT2D eigenvalue weighted by Gasteiger charge is 2.47. The molecule has 2 radical (unpaired) electrons. The molecule has 154 valence electrons. The Morgan fingerprint density at radius 1 is 0.758 bits per heavy atom. The van der Waals surface area contributed by atoms with E-state index in [-0.39, 0.29) is 5.41 Å². The Balaban J connectivity index is 1.74. The van der Waals surface area contributed by atoms with Gasteiger partial charge in [-0.15, -0.1) is 0 Å². The summed E-state index contributed by atoms with van der Waals surface area (Å²) in [4.78, 5) is 0. The molecule has 0 saturated heterocycles. The van der Waals surface area contributed by atoms with Gasteiger partial charge in [0.05, 0.1) is 22.1 Å². The van der Waals surface area contributed by atoms with Crippen molar-refractivity contribution in [1.82, 2.24) is 4.57 Å². The van der Waals surface area contributed by atoms with Crippen LogP contribution in [0.3, 0.4) is 0 Å². The van der Waals surface area contributed by atoms with Gasteiger partial charge in [-0.05, 0) is 41.2 Å². The third-order valence-corrected chi connectivity index (χ3v) is 7.57. The van der Waals surface area contributed by atoms with Gasteiger partial charge in [-0.1, -0.05) is 109 Å². The first-order valence-corrected chi connectivity index (χ1v) is 11.6. The highest BCUT2D eigenvalue weighted by Crippen LogP contribution is 2.55. The first kappa shape index (κ1) is 18.8. The molecular weight excluding hydrogens is 397 g/mol. The molecule has 33 heavy (non-hydrogen) atoms. The van der Waals surface area contributed by atoms with E-state index in [4.69, 9.17) is 7.85 Å². The number of fused-ring (bicyclic) bond motifs is 5.